The zero-order valence-electron chi connectivity index (χ0n) is 14.7. The number of hydrogen-bond donors (Lipinski definition) is 2. The SMILES string of the molecule is C#CCOc1ccc(CCNC(=O)Cc2csc(N3CCNC3=O)n2)cc1. The molecule has 2 heterocycles. The van der Waals surface area contributed by atoms with Gasteiger partial charge in [-0.2, -0.15) is 0 Å². The van der Waals surface area contributed by atoms with Gasteiger partial charge in [-0.25, -0.2) is 9.78 Å². The first kappa shape index (κ1) is 18.7. The molecule has 1 aliphatic rings. The minimum Gasteiger partial charge on any atom is -0.481 e. The van der Waals surface area contributed by atoms with E-state index < -0.39 is 0 Å². The Kier molecular flexibility index (Phi) is 6.28. The Hall–Kier alpha value is -3.05. The second kappa shape index (κ2) is 9.05. The Balaban J connectivity index is 1.41. The summed E-state index contributed by atoms with van der Waals surface area (Å²) < 4.78 is 5.32. The van der Waals surface area contributed by atoms with E-state index in [4.69, 9.17) is 11.2 Å². The Morgan fingerprint density at radius 1 is 1.41 bits per heavy atom. The number of ether oxygens (including phenoxy) is 1. The molecule has 0 radical (unpaired) electrons. The van der Waals surface area contributed by atoms with E-state index in [-0.39, 0.29) is 25.0 Å². The third kappa shape index (κ3) is 5.21. The lowest BCUT2D eigenvalue weighted by Crippen LogP contribution is -2.28. The Morgan fingerprint density at radius 2 is 2.22 bits per heavy atom. The van der Waals surface area contributed by atoms with Crippen LogP contribution < -0.4 is 20.3 Å². The number of aromatic nitrogens is 1. The molecule has 1 aromatic heterocycles. The van der Waals surface area contributed by atoms with Crippen LogP contribution in [0.15, 0.2) is 29.6 Å². The average Bonchev–Trinajstić information content (AvgIpc) is 3.29. The Bertz CT molecular complexity index is 841. The fourth-order valence-electron chi connectivity index (χ4n) is 2.61. The van der Waals surface area contributed by atoms with Gasteiger partial charge in [-0.05, 0) is 24.1 Å². The number of thiazole rings is 1. The lowest BCUT2D eigenvalue weighted by atomic mass is 10.1. The normalized spacial score (nSPS) is 13.1. The van der Waals surface area contributed by atoms with Crippen molar-refractivity contribution in [1.29, 1.82) is 0 Å². The molecule has 2 aromatic rings. The molecular weight excluding hydrogens is 364 g/mol. The van der Waals surface area contributed by atoms with Crippen LogP contribution in [0.5, 0.6) is 5.75 Å². The third-order valence-corrected chi connectivity index (χ3v) is 4.86. The van der Waals surface area contributed by atoms with Crippen LogP contribution in [0.3, 0.4) is 0 Å². The summed E-state index contributed by atoms with van der Waals surface area (Å²) in [6.45, 7) is 2.00. The minimum atomic E-state index is -0.143. The molecular formula is C19H20N4O3S. The van der Waals surface area contributed by atoms with E-state index >= 15 is 0 Å². The van der Waals surface area contributed by atoms with Crippen LogP contribution in [0.2, 0.25) is 0 Å². The molecule has 0 spiro atoms. The Labute approximate surface area is 161 Å². The number of rotatable bonds is 8. The first-order valence-electron chi connectivity index (χ1n) is 8.57. The van der Waals surface area contributed by atoms with Crippen molar-refractivity contribution in [3.63, 3.8) is 0 Å². The van der Waals surface area contributed by atoms with Crippen molar-refractivity contribution in [2.75, 3.05) is 31.1 Å². The van der Waals surface area contributed by atoms with Gasteiger partial charge in [-0.15, -0.1) is 17.8 Å². The monoisotopic (exact) mass is 384 g/mol. The second-order valence-electron chi connectivity index (χ2n) is 5.92. The summed E-state index contributed by atoms with van der Waals surface area (Å²) in [7, 11) is 0. The molecule has 1 aliphatic heterocycles. The fraction of sp³-hybridized carbons (Fsp3) is 0.316. The van der Waals surface area contributed by atoms with Crippen LogP contribution in [0, 0.1) is 12.3 Å². The van der Waals surface area contributed by atoms with Crippen molar-refractivity contribution in [2.45, 2.75) is 12.8 Å². The van der Waals surface area contributed by atoms with Gasteiger partial charge in [-0.1, -0.05) is 18.1 Å². The van der Waals surface area contributed by atoms with Crippen molar-refractivity contribution in [3.8, 4) is 18.1 Å². The molecule has 0 unspecified atom stereocenters. The van der Waals surface area contributed by atoms with E-state index in [1.165, 1.54) is 11.3 Å². The average molecular weight is 384 g/mol. The predicted octanol–water partition coefficient (Wildman–Crippen LogP) is 1.59. The molecule has 2 N–H and O–H groups in total. The van der Waals surface area contributed by atoms with Crippen LogP contribution in [-0.2, 0) is 17.6 Å². The standard InChI is InChI=1S/C19H20N4O3S/c1-2-11-26-16-5-3-14(4-6-16)7-8-20-17(24)12-15-13-27-19(22-15)23-10-9-21-18(23)25/h1,3-6,13H,7-12H2,(H,20,24)(H,21,25). The van der Waals surface area contributed by atoms with Gasteiger partial charge in [0.1, 0.15) is 12.4 Å². The van der Waals surface area contributed by atoms with Crippen molar-refractivity contribution in [2.24, 2.45) is 0 Å². The van der Waals surface area contributed by atoms with Gasteiger partial charge in [0.2, 0.25) is 5.91 Å². The number of carbonyl (C=O) groups excluding carboxylic acids is 2. The summed E-state index contributed by atoms with van der Waals surface area (Å²) in [4.78, 5) is 29.7. The maximum absolute atomic E-state index is 12.1. The number of urea groups is 1. The van der Waals surface area contributed by atoms with Crippen LogP contribution in [0.4, 0.5) is 9.93 Å². The van der Waals surface area contributed by atoms with E-state index in [2.05, 4.69) is 21.5 Å². The molecule has 8 heteroatoms. The van der Waals surface area contributed by atoms with Crippen molar-refractivity contribution in [1.82, 2.24) is 15.6 Å². The molecule has 0 atom stereocenters. The van der Waals surface area contributed by atoms with E-state index in [1.54, 1.807) is 4.90 Å². The smallest absolute Gasteiger partial charge is 0.323 e. The van der Waals surface area contributed by atoms with Crippen molar-refractivity contribution < 1.29 is 14.3 Å². The van der Waals surface area contributed by atoms with E-state index in [9.17, 15) is 9.59 Å². The zero-order valence-corrected chi connectivity index (χ0v) is 15.6. The summed E-state index contributed by atoms with van der Waals surface area (Å²) >= 11 is 1.37. The van der Waals surface area contributed by atoms with Crippen molar-refractivity contribution in [3.05, 3.63) is 40.9 Å². The van der Waals surface area contributed by atoms with E-state index in [0.717, 1.165) is 17.7 Å². The molecule has 3 amide bonds. The molecule has 0 bridgehead atoms. The highest BCUT2D eigenvalue weighted by Crippen LogP contribution is 2.22. The molecule has 140 valence electrons. The summed E-state index contributed by atoms with van der Waals surface area (Å²) in [5.74, 6) is 3.06. The van der Waals surface area contributed by atoms with Crippen LogP contribution in [0.25, 0.3) is 0 Å². The molecule has 7 nitrogen and oxygen atoms in total. The zero-order chi connectivity index (χ0) is 19.1. The molecule has 27 heavy (non-hydrogen) atoms. The number of terminal acetylenes is 1. The number of nitrogens with zero attached hydrogens (tertiary/aromatic N) is 2. The summed E-state index contributed by atoms with van der Waals surface area (Å²) in [6, 6.07) is 7.48. The second-order valence-corrected chi connectivity index (χ2v) is 6.76. The number of carbonyl (C=O) groups is 2. The van der Waals surface area contributed by atoms with Crippen LogP contribution >= 0.6 is 11.3 Å². The molecule has 0 saturated carbocycles. The lowest BCUT2D eigenvalue weighted by Gasteiger charge is -2.08. The highest BCUT2D eigenvalue weighted by Gasteiger charge is 2.24. The number of amides is 3. The fourth-order valence-corrected chi connectivity index (χ4v) is 3.46. The quantitative estimate of drug-likeness (QED) is 0.677. The lowest BCUT2D eigenvalue weighted by molar-refractivity contribution is -0.120. The first-order valence-corrected chi connectivity index (χ1v) is 9.45. The number of benzene rings is 1. The highest BCUT2D eigenvalue weighted by atomic mass is 32.1. The van der Waals surface area contributed by atoms with Crippen LogP contribution in [0.1, 0.15) is 11.3 Å². The van der Waals surface area contributed by atoms with Gasteiger partial charge in [0, 0.05) is 25.0 Å². The van der Waals surface area contributed by atoms with Gasteiger partial charge in [0.05, 0.1) is 12.1 Å². The Morgan fingerprint density at radius 3 is 2.93 bits per heavy atom. The summed E-state index contributed by atoms with van der Waals surface area (Å²) in [6.07, 6.45) is 6.07. The van der Waals surface area contributed by atoms with Gasteiger partial charge in [-0.3, -0.25) is 9.69 Å². The third-order valence-electron chi connectivity index (χ3n) is 3.95. The molecule has 3 rings (SSSR count). The molecule has 0 aliphatic carbocycles. The van der Waals surface area contributed by atoms with Gasteiger partial charge < -0.3 is 15.4 Å². The minimum absolute atomic E-state index is 0.0910. The van der Waals surface area contributed by atoms with Gasteiger partial charge in [0.25, 0.3) is 0 Å². The molecule has 1 aromatic carbocycles. The van der Waals surface area contributed by atoms with Crippen LogP contribution in [-0.4, -0.2) is 43.2 Å². The molecule has 1 saturated heterocycles. The highest BCUT2D eigenvalue weighted by molar-refractivity contribution is 7.14. The summed E-state index contributed by atoms with van der Waals surface area (Å²) in [5.41, 5.74) is 1.77. The predicted molar refractivity (Wildman–Crippen MR) is 104 cm³/mol. The van der Waals surface area contributed by atoms with Crippen molar-refractivity contribution >= 4 is 28.4 Å². The number of anilines is 1. The van der Waals surface area contributed by atoms with E-state index in [0.29, 0.717) is 30.5 Å². The number of hydrogen-bond acceptors (Lipinski definition) is 5. The maximum Gasteiger partial charge on any atom is 0.323 e. The topological polar surface area (TPSA) is 83.6 Å². The summed E-state index contributed by atoms with van der Waals surface area (Å²) in [5, 5.41) is 8.06. The largest absolute Gasteiger partial charge is 0.481 e. The van der Waals surface area contributed by atoms with Gasteiger partial charge >= 0.3 is 6.03 Å². The van der Waals surface area contributed by atoms with E-state index in [1.807, 2.05) is 29.6 Å². The van der Waals surface area contributed by atoms with Gasteiger partial charge in [0.15, 0.2) is 5.13 Å². The molecule has 1 fully saturated rings. The maximum atomic E-state index is 12.1. The first-order chi connectivity index (χ1) is 13.2. The number of nitrogens with one attached hydrogen (secondary N) is 2.